The summed E-state index contributed by atoms with van der Waals surface area (Å²) in [5, 5.41) is 16.6. The highest BCUT2D eigenvalue weighted by Gasteiger charge is 2.32. The van der Waals surface area contributed by atoms with Crippen molar-refractivity contribution >= 4 is 38.2 Å². The second-order valence-electron chi connectivity index (χ2n) is 11.1. The molecule has 0 saturated carbocycles. The molecule has 1 aliphatic heterocycles. The number of aliphatic hydroxyl groups is 1. The Morgan fingerprint density at radius 3 is 2.72 bits per heavy atom. The molecule has 46 heavy (non-hydrogen) atoms. The number of aryl methyl sites for hydroxylation is 1. The molecule has 0 unspecified atom stereocenters. The van der Waals surface area contributed by atoms with Gasteiger partial charge in [-0.2, -0.15) is 5.10 Å². The van der Waals surface area contributed by atoms with Crippen LogP contribution in [0.2, 0.25) is 0 Å². The Labute approximate surface area is 265 Å². The number of nitrogens with zero attached hydrogens (tertiary/aromatic N) is 5. The third-order valence-electron chi connectivity index (χ3n) is 8.41. The monoisotopic (exact) mass is 643 g/mol. The Balaban J connectivity index is 1.54. The van der Waals surface area contributed by atoms with Gasteiger partial charge in [0.1, 0.15) is 41.2 Å². The van der Waals surface area contributed by atoms with E-state index in [4.69, 9.17) is 14.8 Å². The lowest BCUT2D eigenvalue weighted by atomic mass is 9.94. The SMILES string of the molecule is C=CC(=O)N1CCn2nc(-c3nc(-c4ccc5c(ccn5C)c4)c4scc(F)c4c3-c3c(F)cc(F)cc3OCCO)cc2[C@H]1C. The van der Waals surface area contributed by atoms with Crippen LogP contribution < -0.4 is 4.74 Å². The van der Waals surface area contributed by atoms with Gasteiger partial charge in [-0.25, -0.2) is 18.2 Å². The maximum atomic E-state index is 16.0. The average molecular weight is 644 g/mol. The second kappa shape index (κ2) is 11.5. The summed E-state index contributed by atoms with van der Waals surface area (Å²) in [6.07, 6.45) is 3.21. The number of halogens is 3. The molecule has 1 aliphatic rings. The Kier molecular flexibility index (Phi) is 7.41. The van der Waals surface area contributed by atoms with E-state index in [2.05, 4.69) is 6.58 Å². The molecule has 0 spiro atoms. The molecule has 1 amide bonds. The van der Waals surface area contributed by atoms with Gasteiger partial charge in [0, 0.05) is 64.7 Å². The molecule has 7 rings (SSSR count). The maximum Gasteiger partial charge on any atom is 0.246 e. The Morgan fingerprint density at radius 1 is 1.11 bits per heavy atom. The number of fused-ring (bicyclic) bond motifs is 3. The first kappa shape index (κ1) is 29.8. The summed E-state index contributed by atoms with van der Waals surface area (Å²) < 4.78 is 56.3. The number of hydrogen-bond donors (Lipinski definition) is 1. The van der Waals surface area contributed by atoms with Crippen LogP contribution in [-0.2, 0) is 18.4 Å². The van der Waals surface area contributed by atoms with Gasteiger partial charge in [0.2, 0.25) is 5.91 Å². The highest BCUT2D eigenvalue weighted by atomic mass is 32.1. The van der Waals surface area contributed by atoms with Gasteiger partial charge < -0.3 is 19.3 Å². The largest absolute Gasteiger partial charge is 0.490 e. The zero-order valence-corrected chi connectivity index (χ0v) is 25.7. The van der Waals surface area contributed by atoms with Crippen LogP contribution in [0.1, 0.15) is 18.7 Å². The van der Waals surface area contributed by atoms with Crippen LogP contribution in [0.5, 0.6) is 5.75 Å². The minimum Gasteiger partial charge on any atom is -0.490 e. The Bertz CT molecular complexity index is 2190. The molecule has 6 aromatic rings. The maximum absolute atomic E-state index is 16.0. The van der Waals surface area contributed by atoms with Crippen LogP contribution in [0.4, 0.5) is 13.2 Å². The molecule has 0 radical (unpaired) electrons. The quantitative estimate of drug-likeness (QED) is 0.192. The number of amides is 1. The molecule has 12 heteroatoms. The molecule has 2 aromatic carbocycles. The molecule has 0 fully saturated rings. The standard InChI is InChI=1S/C34H28F3N5O3S/c1-4-28(44)41-9-10-42-26(18(41)2)16-24(39-42)33-31(29-22(36)14-21(35)15-27(29)45-12-11-43)30-23(37)17-46-34(30)32(38-33)20-5-6-25-19(13-20)7-8-40(25)3/h4-8,13-18,43H,1,9-12H2,2-3H3/t18-/m1/s1. The van der Waals surface area contributed by atoms with E-state index in [9.17, 15) is 14.3 Å². The topological polar surface area (TPSA) is 85.4 Å². The number of ether oxygens (including phenoxy) is 1. The molecular weight excluding hydrogens is 615 g/mol. The van der Waals surface area contributed by atoms with Crippen LogP contribution in [0, 0.1) is 17.5 Å². The number of rotatable bonds is 7. The molecule has 0 aliphatic carbocycles. The lowest BCUT2D eigenvalue weighted by Gasteiger charge is -2.33. The zero-order chi connectivity index (χ0) is 32.3. The minimum absolute atomic E-state index is 0.0471. The van der Waals surface area contributed by atoms with Crippen molar-refractivity contribution < 1.29 is 27.8 Å². The van der Waals surface area contributed by atoms with Crippen molar-refractivity contribution in [3.05, 3.63) is 89.8 Å². The molecule has 0 saturated heterocycles. The molecule has 8 nitrogen and oxygen atoms in total. The van der Waals surface area contributed by atoms with Gasteiger partial charge in [0.05, 0.1) is 40.8 Å². The van der Waals surface area contributed by atoms with Gasteiger partial charge in [-0.3, -0.25) is 9.48 Å². The average Bonchev–Trinajstić information content (AvgIpc) is 3.76. The van der Waals surface area contributed by atoms with Gasteiger partial charge in [-0.15, -0.1) is 11.3 Å². The highest BCUT2D eigenvalue weighted by Crippen LogP contribution is 2.48. The van der Waals surface area contributed by atoms with Crippen molar-refractivity contribution in [3.63, 3.8) is 0 Å². The van der Waals surface area contributed by atoms with Gasteiger partial charge >= 0.3 is 0 Å². The first-order chi connectivity index (χ1) is 22.2. The summed E-state index contributed by atoms with van der Waals surface area (Å²) >= 11 is 1.13. The van der Waals surface area contributed by atoms with Crippen molar-refractivity contribution in [2.24, 2.45) is 7.05 Å². The summed E-state index contributed by atoms with van der Waals surface area (Å²) in [6, 6.07) is 10.9. The first-order valence-electron chi connectivity index (χ1n) is 14.6. The summed E-state index contributed by atoms with van der Waals surface area (Å²) in [6.45, 7) is 5.61. The van der Waals surface area contributed by atoms with Crippen LogP contribution in [-0.4, -0.2) is 55.0 Å². The Hall–Kier alpha value is -4.94. The summed E-state index contributed by atoms with van der Waals surface area (Å²) in [7, 11) is 1.94. The fourth-order valence-corrected chi connectivity index (χ4v) is 7.16. The lowest BCUT2D eigenvalue weighted by Crippen LogP contribution is -2.40. The zero-order valence-electron chi connectivity index (χ0n) is 24.9. The summed E-state index contributed by atoms with van der Waals surface area (Å²) in [5.41, 5.74) is 3.21. The van der Waals surface area contributed by atoms with E-state index in [1.807, 2.05) is 49.0 Å². The van der Waals surface area contributed by atoms with Crippen LogP contribution in [0.3, 0.4) is 0 Å². The van der Waals surface area contributed by atoms with Gasteiger partial charge in [0.25, 0.3) is 0 Å². The number of carbonyl (C=O) groups is 1. The molecule has 1 atom stereocenters. The lowest BCUT2D eigenvalue weighted by molar-refractivity contribution is -0.129. The number of carbonyl (C=O) groups excluding carboxylic acids is 1. The number of pyridine rings is 1. The van der Waals surface area contributed by atoms with E-state index in [0.717, 1.165) is 33.9 Å². The van der Waals surface area contributed by atoms with Gasteiger partial charge in [-0.1, -0.05) is 12.6 Å². The highest BCUT2D eigenvalue weighted by molar-refractivity contribution is 7.17. The molecule has 4 aromatic heterocycles. The molecule has 5 heterocycles. The predicted molar refractivity (Wildman–Crippen MR) is 171 cm³/mol. The van der Waals surface area contributed by atoms with E-state index in [1.54, 1.807) is 15.6 Å². The number of benzene rings is 2. The second-order valence-corrected chi connectivity index (χ2v) is 12.0. The molecule has 0 bridgehead atoms. The van der Waals surface area contributed by atoms with Crippen LogP contribution in [0.25, 0.3) is 54.8 Å². The third-order valence-corrected chi connectivity index (χ3v) is 9.37. The fourth-order valence-electron chi connectivity index (χ4n) is 6.23. The van der Waals surface area contributed by atoms with Crippen molar-refractivity contribution in [3.8, 4) is 39.5 Å². The van der Waals surface area contributed by atoms with Crippen molar-refractivity contribution in [2.75, 3.05) is 19.8 Å². The van der Waals surface area contributed by atoms with E-state index in [1.165, 1.54) is 11.5 Å². The third kappa shape index (κ3) is 4.76. The molecular formula is C34H28F3N5O3S. The molecule has 1 N–H and O–H groups in total. The van der Waals surface area contributed by atoms with Crippen molar-refractivity contribution in [1.82, 2.24) is 24.2 Å². The van der Waals surface area contributed by atoms with E-state index >= 15 is 8.78 Å². The predicted octanol–water partition coefficient (Wildman–Crippen LogP) is 6.86. The number of aliphatic hydroxyl groups excluding tert-OH is 1. The Morgan fingerprint density at radius 2 is 1.93 bits per heavy atom. The molecule has 234 valence electrons. The number of aromatic nitrogens is 4. The summed E-state index contributed by atoms with van der Waals surface area (Å²) in [5.74, 6) is -2.92. The van der Waals surface area contributed by atoms with Crippen LogP contribution >= 0.6 is 11.3 Å². The first-order valence-corrected chi connectivity index (χ1v) is 15.5. The van der Waals surface area contributed by atoms with E-state index < -0.39 is 24.1 Å². The van der Waals surface area contributed by atoms with Crippen molar-refractivity contribution in [2.45, 2.75) is 19.5 Å². The number of thiophene rings is 1. The fraction of sp³-hybridized carbons (Fsp3) is 0.206. The normalized spacial score (nSPS) is 14.7. The van der Waals surface area contributed by atoms with E-state index in [0.29, 0.717) is 40.9 Å². The van der Waals surface area contributed by atoms with Gasteiger partial charge in [-0.05, 0) is 37.3 Å². The van der Waals surface area contributed by atoms with Crippen molar-refractivity contribution in [1.29, 1.82) is 0 Å². The van der Waals surface area contributed by atoms with Gasteiger partial charge in [0.15, 0.2) is 0 Å². The summed E-state index contributed by atoms with van der Waals surface area (Å²) in [4.78, 5) is 19.3. The minimum atomic E-state index is -0.985. The smallest absolute Gasteiger partial charge is 0.246 e. The van der Waals surface area contributed by atoms with Crippen LogP contribution in [0.15, 0.2) is 66.7 Å². The number of hydrogen-bond acceptors (Lipinski definition) is 6. The van der Waals surface area contributed by atoms with E-state index in [-0.39, 0.29) is 46.5 Å².